The van der Waals surface area contributed by atoms with Crippen molar-refractivity contribution in [3.8, 4) is 17.2 Å². The molecule has 0 bridgehead atoms. The van der Waals surface area contributed by atoms with E-state index in [-0.39, 0.29) is 40.0 Å². The molecule has 3 aromatic rings. The first-order valence-corrected chi connectivity index (χ1v) is 14.0. The molecule has 3 N–H and O–H groups in total. The van der Waals surface area contributed by atoms with Gasteiger partial charge in [-0.05, 0) is 51.8 Å². The molecule has 3 aliphatic rings. The first-order valence-electron chi connectivity index (χ1n) is 14.0. The van der Waals surface area contributed by atoms with Gasteiger partial charge in [-0.3, -0.25) is 14.5 Å². The number of pyridine rings is 1. The lowest BCUT2D eigenvalue weighted by molar-refractivity contribution is 0.0398. The van der Waals surface area contributed by atoms with Gasteiger partial charge < -0.3 is 30.0 Å². The van der Waals surface area contributed by atoms with E-state index >= 15 is 4.39 Å². The highest BCUT2D eigenvalue weighted by molar-refractivity contribution is 6.01. The summed E-state index contributed by atoms with van der Waals surface area (Å²) < 4.78 is 29.0. The second-order valence-electron chi connectivity index (χ2n) is 11.7. The lowest BCUT2D eigenvalue weighted by Crippen LogP contribution is -2.57. The average Bonchev–Trinajstić information content (AvgIpc) is 2.91. The molecule has 0 saturated carbocycles. The van der Waals surface area contributed by atoms with Crippen molar-refractivity contribution in [2.24, 2.45) is 0 Å². The normalized spacial score (nSPS) is 21.9. The fraction of sp³-hybridized carbons (Fsp3) is 0.467. The quantitative estimate of drug-likeness (QED) is 0.338. The molecule has 4 heterocycles. The van der Waals surface area contributed by atoms with Gasteiger partial charge in [-0.15, -0.1) is 0 Å². The van der Waals surface area contributed by atoms with E-state index < -0.39 is 17.2 Å². The van der Waals surface area contributed by atoms with Crippen LogP contribution in [0.1, 0.15) is 44.0 Å². The standard InChI is InChI=1S/C30H36FN5O4/c1-18-14-19(16-30(2,3)34-18)33-29(38)21-17-36-23-6-4-5-7-24(23)40-28-25(22(31)15-20(26(28)36)27(21)37)32-8-9-35-10-12-39-13-11-35/h4-7,15,17-19,32,34H,8-14,16H2,1-3H3,(H,33,38). The number of aromatic nitrogens is 1. The Labute approximate surface area is 232 Å². The Bertz CT molecular complexity index is 1510. The molecule has 0 spiro atoms. The van der Waals surface area contributed by atoms with Crippen molar-refractivity contribution in [1.29, 1.82) is 0 Å². The van der Waals surface area contributed by atoms with Crippen LogP contribution in [0.5, 0.6) is 11.5 Å². The Balaban J connectivity index is 1.38. The number of anilines is 1. The van der Waals surface area contributed by atoms with Gasteiger partial charge in [0.25, 0.3) is 5.91 Å². The summed E-state index contributed by atoms with van der Waals surface area (Å²) in [6.07, 6.45) is 3.06. The molecule has 0 aliphatic carbocycles. The number of nitrogens with one attached hydrogen (secondary N) is 3. The number of fused-ring (bicyclic) bond motifs is 2. The summed E-state index contributed by atoms with van der Waals surface area (Å²) in [5.41, 5.74) is 0.634. The lowest BCUT2D eigenvalue weighted by atomic mass is 9.86. The number of para-hydroxylation sites is 2. The van der Waals surface area contributed by atoms with Crippen molar-refractivity contribution in [3.05, 3.63) is 58.1 Å². The van der Waals surface area contributed by atoms with E-state index in [9.17, 15) is 9.59 Å². The summed E-state index contributed by atoms with van der Waals surface area (Å²) in [4.78, 5) is 29.5. The monoisotopic (exact) mass is 549 g/mol. The molecule has 1 amide bonds. The maximum Gasteiger partial charge on any atom is 0.257 e. The Morgan fingerprint density at radius 3 is 2.77 bits per heavy atom. The van der Waals surface area contributed by atoms with Crippen LogP contribution in [0.25, 0.3) is 16.6 Å². The molecule has 9 nitrogen and oxygen atoms in total. The van der Waals surface area contributed by atoms with Crippen molar-refractivity contribution < 1.29 is 18.7 Å². The molecule has 2 unspecified atom stereocenters. The van der Waals surface area contributed by atoms with E-state index in [1.54, 1.807) is 16.8 Å². The minimum Gasteiger partial charge on any atom is -0.451 e. The SMILES string of the molecule is CC1CC(NC(=O)c2cn3c4c(c(NCCN5CCOCC5)c(F)cc4c2=O)Oc2ccccc2-3)CC(C)(C)N1. The van der Waals surface area contributed by atoms with E-state index in [1.165, 1.54) is 6.07 Å². The highest BCUT2D eigenvalue weighted by Gasteiger charge is 2.33. The maximum absolute atomic E-state index is 15.6. The third-order valence-electron chi connectivity index (χ3n) is 7.98. The van der Waals surface area contributed by atoms with Crippen molar-refractivity contribution in [2.75, 3.05) is 44.7 Å². The van der Waals surface area contributed by atoms with Crippen LogP contribution < -0.4 is 26.1 Å². The summed E-state index contributed by atoms with van der Waals surface area (Å²) in [6.45, 7) is 10.5. The molecule has 40 heavy (non-hydrogen) atoms. The number of ether oxygens (including phenoxy) is 2. The van der Waals surface area contributed by atoms with E-state index in [0.717, 1.165) is 32.5 Å². The number of piperidine rings is 1. The maximum atomic E-state index is 15.6. The van der Waals surface area contributed by atoms with E-state index in [0.29, 0.717) is 36.7 Å². The topological polar surface area (TPSA) is 96.9 Å². The van der Waals surface area contributed by atoms with Gasteiger partial charge in [0.05, 0.1) is 24.3 Å². The number of benzene rings is 2. The zero-order valence-electron chi connectivity index (χ0n) is 23.2. The van der Waals surface area contributed by atoms with Crippen LogP contribution in [0, 0.1) is 5.82 Å². The fourth-order valence-corrected chi connectivity index (χ4v) is 6.34. The smallest absolute Gasteiger partial charge is 0.257 e. The summed E-state index contributed by atoms with van der Waals surface area (Å²) in [6, 6.07) is 8.71. The summed E-state index contributed by atoms with van der Waals surface area (Å²) in [7, 11) is 0. The Morgan fingerprint density at radius 2 is 2.00 bits per heavy atom. The first-order chi connectivity index (χ1) is 19.2. The number of hydrogen-bond acceptors (Lipinski definition) is 7. The Kier molecular flexibility index (Phi) is 7.02. The molecule has 10 heteroatoms. The van der Waals surface area contributed by atoms with Crippen molar-refractivity contribution in [2.45, 2.75) is 51.2 Å². The van der Waals surface area contributed by atoms with Crippen LogP contribution in [-0.2, 0) is 4.74 Å². The van der Waals surface area contributed by atoms with Gasteiger partial charge in [0.15, 0.2) is 17.3 Å². The third-order valence-corrected chi connectivity index (χ3v) is 7.98. The van der Waals surface area contributed by atoms with Crippen LogP contribution in [0.4, 0.5) is 10.1 Å². The van der Waals surface area contributed by atoms with Gasteiger partial charge in [0.1, 0.15) is 16.8 Å². The summed E-state index contributed by atoms with van der Waals surface area (Å²) >= 11 is 0. The second kappa shape index (κ2) is 10.5. The van der Waals surface area contributed by atoms with Crippen LogP contribution >= 0.6 is 0 Å². The van der Waals surface area contributed by atoms with Crippen LogP contribution in [0.3, 0.4) is 0 Å². The van der Waals surface area contributed by atoms with Gasteiger partial charge in [-0.2, -0.15) is 0 Å². The molecule has 212 valence electrons. The van der Waals surface area contributed by atoms with Crippen molar-refractivity contribution in [3.63, 3.8) is 0 Å². The van der Waals surface area contributed by atoms with Gasteiger partial charge in [0, 0.05) is 50.0 Å². The first kappa shape index (κ1) is 26.7. The zero-order chi connectivity index (χ0) is 28.0. The van der Waals surface area contributed by atoms with Gasteiger partial charge in [0.2, 0.25) is 5.43 Å². The molecule has 0 radical (unpaired) electrons. The zero-order valence-corrected chi connectivity index (χ0v) is 23.2. The minimum absolute atomic E-state index is 0.0217. The number of nitrogens with zero attached hydrogens (tertiary/aromatic N) is 2. The molecular weight excluding hydrogens is 513 g/mol. The molecule has 6 rings (SSSR count). The number of carbonyl (C=O) groups excluding carboxylic acids is 1. The molecule has 2 saturated heterocycles. The number of morpholine rings is 1. The predicted octanol–water partition coefficient (Wildman–Crippen LogP) is 3.63. The minimum atomic E-state index is -0.598. The largest absolute Gasteiger partial charge is 0.451 e. The molecular formula is C30H36FN5O4. The third kappa shape index (κ3) is 5.07. The van der Waals surface area contributed by atoms with Crippen LogP contribution in [-0.4, -0.2) is 72.4 Å². The van der Waals surface area contributed by atoms with Crippen molar-refractivity contribution in [1.82, 2.24) is 20.1 Å². The number of halogens is 1. The van der Waals surface area contributed by atoms with Gasteiger partial charge in [-0.1, -0.05) is 12.1 Å². The fourth-order valence-electron chi connectivity index (χ4n) is 6.34. The molecule has 3 aliphatic heterocycles. The van der Waals surface area contributed by atoms with E-state index in [1.807, 2.05) is 18.2 Å². The summed E-state index contributed by atoms with van der Waals surface area (Å²) in [5.74, 6) is -0.293. The van der Waals surface area contributed by atoms with Gasteiger partial charge >= 0.3 is 0 Å². The van der Waals surface area contributed by atoms with Gasteiger partial charge in [-0.25, -0.2) is 4.39 Å². The molecule has 1 aromatic heterocycles. The van der Waals surface area contributed by atoms with E-state index in [4.69, 9.17) is 9.47 Å². The van der Waals surface area contributed by atoms with E-state index in [2.05, 4.69) is 41.6 Å². The molecule has 2 fully saturated rings. The van der Waals surface area contributed by atoms with Crippen molar-refractivity contribution >= 4 is 22.5 Å². The van der Waals surface area contributed by atoms with Crippen LogP contribution in [0.2, 0.25) is 0 Å². The number of carbonyl (C=O) groups is 1. The Morgan fingerprint density at radius 1 is 1.23 bits per heavy atom. The number of amides is 1. The Hall–Kier alpha value is -3.47. The second-order valence-corrected chi connectivity index (χ2v) is 11.7. The van der Waals surface area contributed by atoms with Crippen LogP contribution in [0.15, 0.2) is 41.3 Å². The highest BCUT2D eigenvalue weighted by atomic mass is 19.1. The lowest BCUT2D eigenvalue weighted by Gasteiger charge is -2.40. The number of rotatable bonds is 6. The highest BCUT2D eigenvalue weighted by Crippen LogP contribution is 2.45. The molecule has 2 aromatic carbocycles. The average molecular weight is 550 g/mol. The summed E-state index contributed by atoms with van der Waals surface area (Å²) in [5, 5.41) is 9.92. The predicted molar refractivity (Wildman–Crippen MR) is 152 cm³/mol. The number of hydrogen-bond donors (Lipinski definition) is 3. The molecule has 2 atom stereocenters.